The second-order valence-corrected chi connectivity index (χ2v) is 12.3. The number of aliphatic hydroxyl groups excluding tert-OH is 1. The van der Waals surface area contributed by atoms with E-state index in [4.69, 9.17) is 26.2 Å². The Morgan fingerprint density at radius 2 is 1.78 bits per heavy atom. The number of aromatic carboxylic acids is 1. The summed E-state index contributed by atoms with van der Waals surface area (Å²) in [4.78, 5) is 39.8. The van der Waals surface area contributed by atoms with Crippen molar-refractivity contribution in [1.82, 2.24) is 5.32 Å². The molecule has 0 aromatic heterocycles. The number of anilines is 1. The number of hydrogen-bond donors (Lipinski definition) is 3. The van der Waals surface area contributed by atoms with Crippen molar-refractivity contribution in [2.75, 3.05) is 31.2 Å². The van der Waals surface area contributed by atoms with Crippen LogP contribution in [0.3, 0.4) is 0 Å². The van der Waals surface area contributed by atoms with Crippen molar-refractivity contribution in [3.63, 3.8) is 0 Å². The normalized spacial score (nSPS) is 16.3. The molecule has 0 bridgehead atoms. The Hall–Kier alpha value is -2.48. The van der Waals surface area contributed by atoms with Crippen LogP contribution < -0.4 is 15.0 Å². The molecule has 3 N–H and O–H groups in total. The van der Waals surface area contributed by atoms with Crippen LogP contribution in [0.5, 0.6) is 5.75 Å². The van der Waals surface area contributed by atoms with Crippen LogP contribution in [0.25, 0.3) is 0 Å². The van der Waals surface area contributed by atoms with E-state index in [0.29, 0.717) is 41.6 Å². The van der Waals surface area contributed by atoms with Gasteiger partial charge >= 0.3 is 5.97 Å². The molecular formula is C34H39AcClN2O7. The summed E-state index contributed by atoms with van der Waals surface area (Å²) in [5, 5.41) is 22.4. The van der Waals surface area contributed by atoms with E-state index in [0.717, 1.165) is 16.7 Å². The first-order chi connectivity index (χ1) is 20.9. The first-order valence-electron chi connectivity index (χ1n) is 14.6. The maximum atomic E-state index is 14.1. The van der Waals surface area contributed by atoms with E-state index in [1.54, 1.807) is 35.2 Å². The molecule has 237 valence electrons. The third-order valence-electron chi connectivity index (χ3n) is 7.73. The topological polar surface area (TPSA) is 125 Å². The number of fused-ring (bicyclic) bond motifs is 1. The third kappa shape index (κ3) is 9.52. The second-order valence-electron chi connectivity index (χ2n) is 11.8. The van der Waals surface area contributed by atoms with Crippen LogP contribution in [0.2, 0.25) is 5.02 Å². The van der Waals surface area contributed by atoms with Gasteiger partial charge in [-0.3, -0.25) is 9.59 Å². The molecule has 0 fully saturated rings. The predicted octanol–water partition coefficient (Wildman–Crippen LogP) is 5.47. The fraction of sp³-hybridized carbons (Fsp3) is 0.382. The van der Waals surface area contributed by atoms with Crippen LogP contribution in [0.1, 0.15) is 65.4 Å². The Kier molecular flexibility index (Phi) is 13.5. The fourth-order valence-corrected chi connectivity index (χ4v) is 5.25. The molecule has 0 saturated heterocycles. The van der Waals surface area contributed by atoms with Crippen molar-refractivity contribution in [3.8, 4) is 5.75 Å². The van der Waals surface area contributed by atoms with Crippen LogP contribution in [0, 0.1) is 63.3 Å². The number of nitrogens with zero attached hydrogens (tertiary/aromatic N) is 1. The minimum atomic E-state index is -1.09. The van der Waals surface area contributed by atoms with Crippen molar-refractivity contribution < 1.29 is 78.1 Å². The number of rotatable bonds is 12. The Bertz CT molecular complexity index is 1510. The van der Waals surface area contributed by atoms with E-state index in [1.165, 1.54) is 12.1 Å². The molecule has 0 aliphatic carbocycles. The van der Waals surface area contributed by atoms with Gasteiger partial charge in [0.15, 0.2) is 0 Å². The van der Waals surface area contributed by atoms with Crippen molar-refractivity contribution in [2.24, 2.45) is 5.41 Å². The number of carbonyl (C=O) groups is 3. The van der Waals surface area contributed by atoms with E-state index < -0.39 is 23.6 Å². The second kappa shape index (κ2) is 16.4. The van der Waals surface area contributed by atoms with Gasteiger partial charge in [-0.25, -0.2) is 4.79 Å². The van der Waals surface area contributed by atoms with E-state index in [2.05, 4.69) is 5.32 Å². The SMILES string of the molecule is Cc1cccc([C@H]2O[C@H](CC(=O)NCCCOc3ccc(C(=O)O)cc3)C(=O)N(CC(C)(C)CO)c3ccc(Cl)cc32)c1C.[Ac]. The number of carbonyl (C=O) groups excluding carboxylic acids is 2. The van der Waals surface area contributed by atoms with Gasteiger partial charge in [0, 0.05) is 85.4 Å². The van der Waals surface area contributed by atoms with Crippen molar-refractivity contribution >= 4 is 35.1 Å². The van der Waals surface area contributed by atoms with Gasteiger partial charge in [0.05, 0.1) is 18.6 Å². The molecule has 1 aliphatic rings. The number of aliphatic hydroxyl groups is 1. The van der Waals surface area contributed by atoms with Gasteiger partial charge in [-0.1, -0.05) is 43.6 Å². The Morgan fingerprint density at radius 1 is 1.07 bits per heavy atom. The van der Waals surface area contributed by atoms with Crippen LogP contribution in [0.15, 0.2) is 60.7 Å². The molecule has 1 aliphatic heterocycles. The average molecular weight is 850 g/mol. The molecular weight excluding hydrogens is 811 g/mol. The van der Waals surface area contributed by atoms with Crippen LogP contribution in [-0.4, -0.2) is 60.4 Å². The largest absolute Gasteiger partial charge is 0.494 e. The Morgan fingerprint density at radius 3 is 2.44 bits per heavy atom. The smallest absolute Gasteiger partial charge is 0.335 e. The molecule has 9 nitrogen and oxygen atoms in total. The van der Waals surface area contributed by atoms with E-state index in [9.17, 15) is 19.5 Å². The van der Waals surface area contributed by atoms with Crippen LogP contribution >= 0.6 is 11.6 Å². The number of ether oxygens (including phenoxy) is 2. The summed E-state index contributed by atoms with van der Waals surface area (Å²) in [6, 6.07) is 17.3. The standard InChI is InChI=1S/C34H39ClN2O7.Ac/c1-21-7-5-8-26(22(21)2)31-27-17-24(35)11-14-28(27)37(19-34(3,4)20-38)32(40)29(44-31)18-30(39)36-15-6-16-43-25-12-9-23(10-13-25)33(41)42;/h5,7-14,17,29,31,38H,6,15-16,18-20H2,1-4H3,(H,36,39)(H,41,42);/t29-,31-;/m1./s1. The molecule has 2 atom stereocenters. The molecule has 3 aromatic rings. The number of carboxylic acids is 1. The third-order valence-corrected chi connectivity index (χ3v) is 7.97. The number of hydrogen-bond acceptors (Lipinski definition) is 6. The first-order valence-corrected chi connectivity index (χ1v) is 14.9. The number of amides is 2. The minimum absolute atomic E-state index is 0. The van der Waals surface area contributed by atoms with Gasteiger partial charge in [-0.15, -0.1) is 0 Å². The van der Waals surface area contributed by atoms with Crippen molar-refractivity contribution in [3.05, 3.63) is 93.5 Å². The zero-order valence-electron chi connectivity index (χ0n) is 26.0. The molecule has 3 aromatic carbocycles. The molecule has 4 rings (SSSR count). The fourth-order valence-electron chi connectivity index (χ4n) is 5.07. The molecule has 0 saturated carbocycles. The average Bonchev–Trinajstić information content (AvgIpc) is 3.09. The number of carboxylic acid groups (broad SMARTS) is 1. The first kappa shape index (κ1) is 37.0. The Balaban J connectivity index is 0.00000552. The van der Waals surface area contributed by atoms with Gasteiger partial charge in [-0.2, -0.15) is 0 Å². The summed E-state index contributed by atoms with van der Waals surface area (Å²) in [7, 11) is 0. The van der Waals surface area contributed by atoms with Gasteiger partial charge in [0.25, 0.3) is 5.91 Å². The number of aryl methyl sites for hydroxylation is 1. The summed E-state index contributed by atoms with van der Waals surface area (Å²) in [5.74, 6) is -1.20. The molecule has 0 unspecified atom stereocenters. The van der Waals surface area contributed by atoms with Crippen LogP contribution in [-0.2, 0) is 14.3 Å². The minimum Gasteiger partial charge on any atom is -0.494 e. The molecule has 2 amide bonds. The van der Waals surface area contributed by atoms with Gasteiger partial charge in [0.2, 0.25) is 5.91 Å². The summed E-state index contributed by atoms with van der Waals surface area (Å²) >= 11 is 6.46. The maximum absolute atomic E-state index is 14.1. The van der Waals surface area contributed by atoms with Crippen molar-refractivity contribution in [1.29, 1.82) is 0 Å². The summed E-state index contributed by atoms with van der Waals surface area (Å²) in [6.07, 6.45) is -1.45. The van der Waals surface area contributed by atoms with Gasteiger partial charge < -0.3 is 29.9 Å². The summed E-state index contributed by atoms with van der Waals surface area (Å²) < 4.78 is 12.2. The summed E-state index contributed by atoms with van der Waals surface area (Å²) in [5.41, 5.74) is 3.85. The van der Waals surface area contributed by atoms with E-state index in [1.807, 2.05) is 45.9 Å². The molecule has 45 heavy (non-hydrogen) atoms. The zero-order chi connectivity index (χ0) is 32.0. The number of halogens is 1. The summed E-state index contributed by atoms with van der Waals surface area (Å²) in [6.45, 7) is 8.44. The monoisotopic (exact) mass is 849 g/mol. The number of benzene rings is 3. The van der Waals surface area contributed by atoms with Gasteiger partial charge in [-0.05, 0) is 79.4 Å². The van der Waals surface area contributed by atoms with Crippen molar-refractivity contribution in [2.45, 2.75) is 52.7 Å². The molecule has 1 radical (unpaired) electrons. The van der Waals surface area contributed by atoms with Crippen LogP contribution in [0.4, 0.5) is 5.69 Å². The predicted molar refractivity (Wildman–Crippen MR) is 168 cm³/mol. The Labute approximate surface area is 304 Å². The maximum Gasteiger partial charge on any atom is 0.335 e. The molecule has 1 heterocycles. The van der Waals surface area contributed by atoms with Gasteiger partial charge in [0.1, 0.15) is 18.0 Å². The molecule has 0 spiro atoms. The number of nitrogens with one attached hydrogen (secondary N) is 1. The molecule has 11 heteroatoms. The van der Waals surface area contributed by atoms with E-state index >= 15 is 0 Å². The zero-order valence-corrected chi connectivity index (χ0v) is 31.5. The quantitative estimate of drug-likeness (QED) is 0.207. The van der Waals surface area contributed by atoms with E-state index in [-0.39, 0.29) is 81.0 Å².